The second-order valence-corrected chi connectivity index (χ2v) is 6.15. The highest BCUT2D eigenvalue weighted by atomic mass is 35.5. The van der Waals surface area contributed by atoms with Crippen LogP contribution >= 0.6 is 23.2 Å². The van der Waals surface area contributed by atoms with Crippen LogP contribution in [0.15, 0.2) is 41.4 Å². The molecule has 0 atom stereocenters. The second kappa shape index (κ2) is 5.88. The van der Waals surface area contributed by atoms with Gasteiger partial charge in [0.2, 0.25) is 0 Å². The lowest BCUT2D eigenvalue weighted by molar-refractivity contribution is 0.0999. The minimum atomic E-state index is -4.22. The number of rotatable bonds is 4. The van der Waals surface area contributed by atoms with Gasteiger partial charge in [-0.2, -0.15) is 8.42 Å². The summed E-state index contributed by atoms with van der Waals surface area (Å²) in [6, 6.07) is 6.78. The van der Waals surface area contributed by atoms with Gasteiger partial charge in [0, 0.05) is 0 Å². The van der Waals surface area contributed by atoms with Crippen molar-refractivity contribution in [3.05, 3.63) is 52.3 Å². The first-order valence-electron chi connectivity index (χ1n) is 5.45. The molecule has 110 valence electrons. The van der Waals surface area contributed by atoms with Crippen molar-refractivity contribution in [2.24, 2.45) is 5.73 Å². The van der Waals surface area contributed by atoms with Crippen molar-refractivity contribution in [2.45, 2.75) is 4.90 Å². The summed E-state index contributed by atoms with van der Waals surface area (Å²) >= 11 is 11.3. The van der Waals surface area contributed by atoms with Gasteiger partial charge in [-0.15, -0.1) is 0 Å². The number of para-hydroxylation sites is 1. The maximum Gasteiger partial charge on any atom is 0.340 e. The molecular formula is C12H8Cl2N2O4S. The molecule has 1 heterocycles. The van der Waals surface area contributed by atoms with Crippen LogP contribution < -0.4 is 9.92 Å². The molecule has 0 aliphatic carbocycles. The first-order valence-corrected chi connectivity index (χ1v) is 7.62. The van der Waals surface area contributed by atoms with Gasteiger partial charge >= 0.3 is 10.1 Å². The molecule has 0 spiro atoms. The van der Waals surface area contributed by atoms with Crippen LogP contribution in [-0.2, 0) is 10.1 Å². The summed E-state index contributed by atoms with van der Waals surface area (Å²) in [7, 11) is -4.22. The Kier molecular flexibility index (Phi) is 4.36. The van der Waals surface area contributed by atoms with Crippen LogP contribution in [0.4, 0.5) is 0 Å². The predicted octanol–water partition coefficient (Wildman–Crippen LogP) is 2.25. The average Bonchev–Trinajstić information content (AvgIpc) is 2.41. The van der Waals surface area contributed by atoms with Gasteiger partial charge in [-0.25, -0.2) is 4.98 Å². The first kappa shape index (κ1) is 15.6. The summed E-state index contributed by atoms with van der Waals surface area (Å²) in [6.45, 7) is 0. The second-order valence-electron chi connectivity index (χ2n) is 3.84. The van der Waals surface area contributed by atoms with E-state index in [-0.39, 0.29) is 26.4 Å². The Bertz CT molecular complexity index is 809. The van der Waals surface area contributed by atoms with Crippen LogP contribution in [0.2, 0.25) is 10.2 Å². The number of primary amides is 1. The van der Waals surface area contributed by atoms with Crippen LogP contribution in [0.25, 0.3) is 0 Å². The maximum atomic E-state index is 12.1. The zero-order valence-electron chi connectivity index (χ0n) is 10.3. The molecular weight excluding hydrogens is 339 g/mol. The van der Waals surface area contributed by atoms with E-state index >= 15 is 0 Å². The lowest BCUT2D eigenvalue weighted by Crippen LogP contribution is -2.16. The molecule has 0 fully saturated rings. The Morgan fingerprint density at radius 3 is 2.52 bits per heavy atom. The van der Waals surface area contributed by atoms with Crippen LogP contribution in [0.1, 0.15) is 10.4 Å². The Balaban J connectivity index is 2.42. The molecule has 6 nitrogen and oxygen atoms in total. The summed E-state index contributed by atoms with van der Waals surface area (Å²) in [6.07, 6.45) is 0.996. The predicted molar refractivity (Wildman–Crippen MR) is 77.0 cm³/mol. The van der Waals surface area contributed by atoms with Crippen LogP contribution in [0.3, 0.4) is 0 Å². The minimum Gasteiger partial charge on any atom is -0.378 e. The highest BCUT2D eigenvalue weighted by molar-refractivity contribution is 7.87. The molecule has 0 aliphatic heterocycles. The zero-order valence-corrected chi connectivity index (χ0v) is 12.6. The standard InChI is InChI=1S/C12H8Cl2N2O4S/c13-9-5-7(6-16-11(9)14)21(18,19)20-10-4-2-1-3-8(10)12(15)17/h1-6H,(H2,15,17). The van der Waals surface area contributed by atoms with E-state index in [9.17, 15) is 13.2 Å². The van der Waals surface area contributed by atoms with Gasteiger partial charge < -0.3 is 9.92 Å². The number of hydrogen-bond donors (Lipinski definition) is 1. The largest absolute Gasteiger partial charge is 0.378 e. The number of amides is 1. The minimum absolute atomic E-state index is 0.0341. The summed E-state index contributed by atoms with van der Waals surface area (Å²) in [5.74, 6) is -0.996. The van der Waals surface area contributed by atoms with E-state index in [0.717, 1.165) is 12.3 Å². The fraction of sp³-hybridized carbons (Fsp3) is 0. The molecule has 0 saturated carbocycles. The monoisotopic (exact) mass is 346 g/mol. The highest BCUT2D eigenvalue weighted by Crippen LogP contribution is 2.26. The Hall–Kier alpha value is -1.83. The van der Waals surface area contributed by atoms with E-state index in [0.29, 0.717) is 0 Å². The number of nitrogens with two attached hydrogens (primary N) is 1. The summed E-state index contributed by atoms with van der Waals surface area (Å²) < 4.78 is 29.2. The molecule has 0 saturated heterocycles. The van der Waals surface area contributed by atoms with Gasteiger partial charge in [0.25, 0.3) is 5.91 Å². The van der Waals surface area contributed by atoms with Crippen molar-refractivity contribution in [3.8, 4) is 5.75 Å². The molecule has 1 aromatic heterocycles. The SMILES string of the molecule is NC(=O)c1ccccc1OS(=O)(=O)c1cnc(Cl)c(Cl)c1. The van der Waals surface area contributed by atoms with E-state index < -0.39 is 16.0 Å². The molecule has 0 unspecified atom stereocenters. The normalized spacial score (nSPS) is 11.1. The van der Waals surface area contributed by atoms with Gasteiger partial charge in [0.1, 0.15) is 10.0 Å². The number of pyridine rings is 1. The van der Waals surface area contributed by atoms with Gasteiger partial charge in [-0.1, -0.05) is 35.3 Å². The lowest BCUT2D eigenvalue weighted by atomic mass is 10.2. The molecule has 2 rings (SSSR count). The van der Waals surface area contributed by atoms with Crippen molar-refractivity contribution in [1.82, 2.24) is 4.98 Å². The van der Waals surface area contributed by atoms with Crippen molar-refractivity contribution in [2.75, 3.05) is 0 Å². The molecule has 9 heteroatoms. The van der Waals surface area contributed by atoms with Crippen LogP contribution in [0, 0.1) is 0 Å². The van der Waals surface area contributed by atoms with E-state index in [2.05, 4.69) is 4.98 Å². The molecule has 0 bridgehead atoms. The average molecular weight is 347 g/mol. The number of carbonyl (C=O) groups is 1. The molecule has 21 heavy (non-hydrogen) atoms. The number of nitrogens with zero attached hydrogens (tertiary/aromatic N) is 1. The van der Waals surface area contributed by atoms with Gasteiger partial charge in [-0.3, -0.25) is 4.79 Å². The van der Waals surface area contributed by atoms with Crippen LogP contribution in [-0.4, -0.2) is 19.3 Å². The molecule has 1 amide bonds. The summed E-state index contributed by atoms with van der Waals surface area (Å²) in [4.78, 5) is 14.6. The van der Waals surface area contributed by atoms with Crippen molar-refractivity contribution < 1.29 is 17.4 Å². The first-order chi connectivity index (χ1) is 9.81. The van der Waals surface area contributed by atoms with Crippen molar-refractivity contribution in [3.63, 3.8) is 0 Å². The molecule has 2 N–H and O–H groups in total. The molecule has 1 aromatic carbocycles. The topological polar surface area (TPSA) is 99.4 Å². The van der Waals surface area contributed by atoms with E-state index in [1.165, 1.54) is 24.3 Å². The molecule has 0 radical (unpaired) electrons. The highest BCUT2D eigenvalue weighted by Gasteiger charge is 2.21. The molecule has 2 aromatic rings. The number of hydrogen-bond acceptors (Lipinski definition) is 5. The third-order valence-corrected chi connectivity index (χ3v) is 4.30. The lowest BCUT2D eigenvalue weighted by Gasteiger charge is -2.09. The number of carbonyl (C=O) groups excluding carboxylic acids is 1. The van der Waals surface area contributed by atoms with Gasteiger partial charge in [-0.05, 0) is 18.2 Å². The van der Waals surface area contributed by atoms with E-state index in [1.54, 1.807) is 0 Å². The van der Waals surface area contributed by atoms with E-state index in [4.69, 9.17) is 33.1 Å². The van der Waals surface area contributed by atoms with Crippen molar-refractivity contribution >= 4 is 39.2 Å². The quantitative estimate of drug-likeness (QED) is 0.675. The summed E-state index contributed by atoms with van der Waals surface area (Å²) in [5.41, 5.74) is 5.09. The third kappa shape index (κ3) is 3.44. The Morgan fingerprint density at radius 2 is 1.90 bits per heavy atom. The third-order valence-electron chi connectivity index (χ3n) is 2.41. The maximum absolute atomic E-state index is 12.1. The van der Waals surface area contributed by atoms with Gasteiger partial charge in [0.15, 0.2) is 5.75 Å². The van der Waals surface area contributed by atoms with Crippen LogP contribution in [0.5, 0.6) is 5.75 Å². The fourth-order valence-electron chi connectivity index (χ4n) is 1.45. The smallest absolute Gasteiger partial charge is 0.340 e. The zero-order chi connectivity index (χ0) is 15.6. The summed E-state index contributed by atoms with van der Waals surface area (Å²) in [5, 5.41) is -0.0716. The van der Waals surface area contributed by atoms with Gasteiger partial charge in [0.05, 0.1) is 16.8 Å². The number of aromatic nitrogens is 1. The number of benzene rings is 1. The molecule has 0 aliphatic rings. The fourth-order valence-corrected chi connectivity index (χ4v) is 2.71. The Labute approximate surface area is 130 Å². The Morgan fingerprint density at radius 1 is 1.24 bits per heavy atom. The van der Waals surface area contributed by atoms with E-state index in [1.807, 2.05) is 0 Å². The number of halogens is 2. The van der Waals surface area contributed by atoms with Crippen molar-refractivity contribution in [1.29, 1.82) is 0 Å².